The first-order valence-electron chi connectivity index (χ1n) is 6.28. The van der Waals surface area contributed by atoms with Gasteiger partial charge in [0.15, 0.2) is 5.16 Å². The first-order valence-corrected chi connectivity index (χ1v) is 7.10. The summed E-state index contributed by atoms with van der Waals surface area (Å²) in [5.74, 6) is 1.13. The monoisotopic (exact) mass is 260 g/mol. The smallest absolute Gasteiger partial charge is 0.196 e. The normalized spacial score (nSPS) is 15.1. The Morgan fingerprint density at radius 3 is 2.72 bits per heavy atom. The van der Waals surface area contributed by atoms with Crippen molar-refractivity contribution in [3.05, 3.63) is 30.1 Å². The Hall–Kier alpha value is -1.49. The Balaban J connectivity index is 1.84. The summed E-state index contributed by atoms with van der Waals surface area (Å²) in [7, 11) is 0. The van der Waals surface area contributed by atoms with Crippen LogP contribution in [0, 0.1) is 0 Å². The second kappa shape index (κ2) is 5.02. The molecule has 1 aromatic carbocycles. The second-order valence-corrected chi connectivity index (χ2v) is 5.57. The van der Waals surface area contributed by atoms with Crippen molar-refractivity contribution in [2.75, 3.05) is 5.73 Å². The molecule has 2 aromatic rings. The molecule has 2 heterocycles. The molecule has 3 rings (SSSR count). The maximum atomic E-state index is 5.69. The number of aryl methyl sites for hydroxylation is 1. The summed E-state index contributed by atoms with van der Waals surface area (Å²) in [4.78, 5) is 1.16. The lowest BCUT2D eigenvalue weighted by atomic mass is 10.2. The molecule has 5 heteroatoms. The van der Waals surface area contributed by atoms with Crippen LogP contribution in [-0.4, -0.2) is 14.8 Å². The lowest BCUT2D eigenvalue weighted by molar-refractivity contribution is 0.591. The number of aromatic nitrogens is 3. The minimum Gasteiger partial charge on any atom is -0.399 e. The van der Waals surface area contributed by atoms with Crippen LogP contribution in [0.3, 0.4) is 0 Å². The highest BCUT2D eigenvalue weighted by molar-refractivity contribution is 7.99. The average Bonchev–Trinajstić information content (AvgIpc) is 2.62. The van der Waals surface area contributed by atoms with Gasteiger partial charge in [0.1, 0.15) is 5.82 Å². The van der Waals surface area contributed by atoms with E-state index < -0.39 is 0 Å². The van der Waals surface area contributed by atoms with E-state index in [1.54, 1.807) is 11.8 Å². The lowest BCUT2D eigenvalue weighted by Gasteiger charge is -2.06. The Bertz CT molecular complexity index is 532. The van der Waals surface area contributed by atoms with Crippen molar-refractivity contribution in [1.82, 2.24) is 14.8 Å². The molecule has 94 valence electrons. The minimum atomic E-state index is 0.791. The molecule has 0 bridgehead atoms. The molecule has 18 heavy (non-hydrogen) atoms. The van der Waals surface area contributed by atoms with Crippen LogP contribution < -0.4 is 5.73 Å². The fraction of sp³-hybridized carbons (Fsp3) is 0.385. The van der Waals surface area contributed by atoms with Crippen molar-refractivity contribution in [3.8, 4) is 0 Å². The molecular weight excluding hydrogens is 244 g/mol. The number of anilines is 1. The molecule has 1 aliphatic heterocycles. The van der Waals surface area contributed by atoms with Gasteiger partial charge in [-0.3, -0.25) is 0 Å². The number of rotatable bonds is 2. The summed E-state index contributed by atoms with van der Waals surface area (Å²) in [5, 5.41) is 9.60. The molecule has 0 fully saturated rings. The maximum Gasteiger partial charge on any atom is 0.196 e. The largest absolute Gasteiger partial charge is 0.399 e. The van der Waals surface area contributed by atoms with E-state index in [1.165, 1.54) is 19.3 Å². The van der Waals surface area contributed by atoms with Gasteiger partial charge in [-0.25, -0.2) is 0 Å². The molecule has 1 aliphatic rings. The first-order chi connectivity index (χ1) is 8.83. The molecule has 0 saturated heterocycles. The fourth-order valence-electron chi connectivity index (χ4n) is 2.18. The van der Waals surface area contributed by atoms with Gasteiger partial charge < -0.3 is 10.3 Å². The summed E-state index contributed by atoms with van der Waals surface area (Å²) in [6, 6.07) is 7.89. The molecule has 0 radical (unpaired) electrons. The lowest BCUT2D eigenvalue weighted by Crippen LogP contribution is -2.02. The van der Waals surface area contributed by atoms with E-state index in [9.17, 15) is 0 Å². The maximum absolute atomic E-state index is 5.69. The molecule has 4 nitrogen and oxygen atoms in total. The van der Waals surface area contributed by atoms with Crippen LogP contribution >= 0.6 is 11.8 Å². The van der Waals surface area contributed by atoms with E-state index >= 15 is 0 Å². The highest BCUT2D eigenvalue weighted by Gasteiger charge is 2.15. The van der Waals surface area contributed by atoms with Crippen LogP contribution in [0.15, 0.2) is 34.3 Å². The van der Waals surface area contributed by atoms with Crippen molar-refractivity contribution in [1.29, 1.82) is 0 Å². The van der Waals surface area contributed by atoms with E-state index in [-0.39, 0.29) is 0 Å². The number of hydrogen-bond acceptors (Lipinski definition) is 4. The van der Waals surface area contributed by atoms with Crippen LogP contribution in [-0.2, 0) is 13.0 Å². The number of hydrogen-bond donors (Lipinski definition) is 1. The number of benzene rings is 1. The van der Waals surface area contributed by atoms with Gasteiger partial charge in [-0.2, -0.15) is 0 Å². The van der Waals surface area contributed by atoms with Gasteiger partial charge in [-0.15, -0.1) is 10.2 Å². The van der Waals surface area contributed by atoms with Crippen LogP contribution in [0.1, 0.15) is 25.1 Å². The zero-order chi connectivity index (χ0) is 12.4. The molecule has 0 aliphatic carbocycles. The third-order valence-electron chi connectivity index (χ3n) is 3.16. The molecular formula is C13H16N4S. The van der Waals surface area contributed by atoms with Crippen LogP contribution in [0.5, 0.6) is 0 Å². The summed E-state index contributed by atoms with van der Waals surface area (Å²) >= 11 is 1.66. The van der Waals surface area contributed by atoms with E-state index in [0.717, 1.165) is 34.5 Å². The van der Waals surface area contributed by atoms with E-state index in [0.29, 0.717) is 0 Å². The van der Waals surface area contributed by atoms with E-state index in [4.69, 9.17) is 5.73 Å². The van der Waals surface area contributed by atoms with Gasteiger partial charge in [-0.05, 0) is 48.9 Å². The van der Waals surface area contributed by atoms with Crippen molar-refractivity contribution in [3.63, 3.8) is 0 Å². The minimum absolute atomic E-state index is 0.791. The predicted octanol–water partition coefficient (Wildman–Crippen LogP) is 2.74. The second-order valence-electron chi connectivity index (χ2n) is 4.53. The Kier molecular flexibility index (Phi) is 3.23. The van der Waals surface area contributed by atoms with Gasteiger partial charge >= 0.3 is 0 Å². The summed E-state index contributed by atoms with van der Waals surface area (Å²) < 4.78 is 2.26. The Labute approximate surface area is 111 Å². The van der Waals surface area contributed by atoms with Gasteiger partial charge in [0.2, 0.25) is 0 Å². The summed E-state index contributed by atoms with van der Waals surface area (Å²) in [6.45, 7) is 1.04. The number of nitrogen functional groups attached to an aromatic ring is 1. The standard InChI is InChI=1S/C13H16N4S/c14-10-5-7-11(8-6-10)18-13-16-15-12-4-2-1-3-9-17(12)13/h5-8H,1-4,9,14H2. The summed E-state index contributed by atoms with van der Waals surface area (Å²) in [5.41, 5.74) is 6.48. The topological polar surface area (TPSA) is 56.7 Å². The van der Waals surface area contributed by atoms with Gasteiger partial charge in [0.25, 0.3) is 0 Å². The molecule has 0 spiro atoms. The van der Waals surface area contributed by atoms with Crippen LogP contribution in [0.2, 0.25) is 0 Å². The van der Waals surface area contributed by atoms with Crippen molar-refractivity contribution >= 4 is 17.4 Å². The first kappa shape index (κ1) is 11.6. The van der Waals surface area contributed by atoms with E-state index in [2.05, 4.69) is 14.8 Å². The molecule has 0 amide bonds. The van der Waals surface area contributed by atoms with Crippen molar-refractivity contribution in [2.45, 2.75) is 42.3 Å². The number of nitrogens with two attached hydrogens (primary N) is 1. The molecule has 0 unspecified atom stereocenters. The quantitative estimate of drug-likeness (QED) is 0.844. The molecule has 0 saturated carbocycles. The molecule has 2 N–H and O–H groups in total. The Morgan fingerprint density at radius 2 is 1.89 bits per heavy atom. The summed E-state index contributed by atoms with van der Waals surface area (Å²) in [6.07, 6.45) is 4.79. The van der Waals surface area contributed by atoms with Gasteiger partial charge in [-0.1, -0.05) is 6.42 Å². The zero-order valence-corrected chi connectivity index (χ0v) is 11.0. The predicted molar refractivity (Wildman–Crippen MR) is 72.6 cm³/mol. The third kappa shape index (κ3) is 2.36. The highest BCUT2D eigenvalue weighted by atomic mass is 32.2. The Morgan fingerprint density at radius 1 is 1.06 bits per heavy atom. The molecule has 1 aromatic heterocycles. The van der Waals surface area contributed by atoms with Crippen molar-refractivity contribution < 1.29 is 0 Å². The van der Waals surface area contributed by atoms with Crippen LogP contribution in [0.25, 0.3) is 0 Å². The van der Waals surface area contributed by atoms with Crippen LogP contribution in [0.4, 0.5) is 5.69 Å². The number of fused-ring (bicyclic) bond motifs is 1. The van der Waals surface area contributed by atoms with Gasteiger partial charge in [0, 0.05) is 23.5 Å². The van der Waals surface area contributed by atoms with Crippen molar-refractivity contribution in [2.24, 2.45) is 0 Å². The highest BCUT2D eigenvalue weighted by Crippen LogP contribution is 2.28. The average molecular weight is 260 g/mol. The SMILES string of the molecule is Nc1ccc(Sc2nnc3n2CCCCC3)cc1. The molecule has 0 atom stereocenters. The fourth-order valence-corrected chi connectivity index (χ4v) is 3.05. The number of nitrogens with zero attached hydrogens (tertiary/aromatic N) is 3. The third-order valence-corrected chi connectivity index (χ3v) is 4.16. The zero-order valence-electron chi connectivity index (χ0n) is 10.2. The van der Waals surface area contributed by atoms with E-state index in [1.807, 2.05) is 24.3 Å². The van der Waals surface area contributed by atoms with Gasteiger partial charge in [0.05, 0.1) is 0 Å².